The van der Waals surface area contributed by atoms with E-state index in [0.29, 0.717) is 17.1 Å². The van der Waals surface area contributed by atoms with E-state index in [-0.39, 0.29) is 25.0 Å². The smallest absolute Gasteiger partial charge is 0.265 e. The lowest BCUT2D eigenvalue weighted by Gasteiger charge is -2.29. The molecule has 6 rings (SSSR count). The van der Waals surface area contributed by atoms with Gasteiger partial charge in [0.1, 0.15) is 17.3 Å². The third-order valence-corrected chi connectivity index (χ3v) is 6.98. The largest absolute Gasteiger partial charge is 0.482 e. The summed E-state index contributed by atoms with van der Waals surface area (Å²) in [4.78, 5) is 32.1. The zero-order valence-electron chi connectivity index (χ0n) is 19.2. The molecule has 0 saturated carbocycles. The second-order valence-electron chi connectivity index (χ2n) is 8.43. The molecule has 1 aliphatic rings. The van der Waals surface area contributed by atoms with Gasteiger partial charge in [-0.15, -0.1) is 11.3 Å². The summed E-state index contributed by atoms with van der Waals surface area (Å²) < 4.78 is 5.65. The molecule has 0 fully saturated rings. The molecule has 1 aliphatic heterocycles. The maximum Gasteiger partial charge on any atom is 0.265 e. The Hall–Kier alpha value is -4.49. The molecule has 2 heterocycles. The first-order valence-corrected chi connectivity index (χ1v) is 12.4. The monoisotopic (exact) mass is 491 g/mol. The van der Waals surface area contributed by atoms with Crippen molar-refractivity contribution in [2.75, 3.05) is 23.4 Å². The van der Waals surface area contributed by atoms with Gasteiger partial charge in [0.25, 0.3) is 5.91 Å². The van der Waals surface area contributed by atoms with Crippen LogP contribution in [0.3, 0.4) is 0 Å². The molecule has 5 aromatic rings. The number of nitrogens with zero attached hydrogens (tertiary/aromatic N) is 2. The number of nitrogens with one attached hydrogen (secondary N) is 1. The van der Waals surface area contributed by atoms with Gasteiger partial charge >= 0.3 is 0 Å². The van der Waals surface area contributed by atoms with Gasteiger partial charge < -0.3 is 10.1 Å². The van der Waals surface area contributed by atoms with Gasteiger partial charge in [0.15, 0.2) is 6.61 Å². The Balaban J connectivity index is 1.27. The second-order valence-corrected chi connectivity index (χ2v) is 9.29. The summed E-state index contributed by atoms with van der Waals surface area (Å²) in [6, 6.07) is 29.2. The summed E-state index contributed by atoms with van der Waals surface area (Å²) >= 11 is 1.56. The fraction of sp³-hybridized carbons (Fsp3) is 0.0690. The van der Waals surface area contributed by atoms with Crippen molar-refractivity contribution >= 4 is 45.3 Å². The molecule has 6 nitrogen and oxygen atoms in total. The Bertz CT molecular complexity index is 1590. The molecule has 36 heavy (non-hydrogen) atoms. The summed E-state index contributed by atoms with van der Waals surface area (Å²) in [6.07, 6.45) is 0. The number of fused-ring (bicyclic) bond motifs is 2. The first-order chi connectivity index (χ1) is 17.7. The normalized spacial score (nSPS) is 12.8. The number of ether oxygens (including phenoxy) is 1. The van der Waals surface area contributed by atoms with E-state index in [4.69, 9.17) is 9.72 Å². The van der Waals surface area contributed by atoms with Crippen molar-refractivity contribution in [2.45, 2.75) is 0 Å². The fourth-order valence-corrected chi connectivity index (χ4v) is 5.16. The zero-order valence-corrected chi connectivity index (χ0v) is 20.0. The molecule has 0 saturated heterocycles. The van der Waals surface area contributed by atoms with Crippen LogP contribution in [0.1, 0.15) is 0 Å². The Kier molecular flexibility index (Phi) is 5.67. The number of hydrogen-bond donors (Lipinski definition) is 1. The Morgan fingerprint density at radius 3 is 2.64 bits per heavy atom. The van der Waals surface area contributed by atoms with Crippen molar-refractivity contribution in [3.63, 3.8) is 0 Å². The predicted molar refractivity (Wildman–Crippen MR) is 143 cm³/mol. The second kappa shape index (κ2) is 9.28. The van der Waals surface area contributed by atoms with Gasteiger partial charge in [0.2, 0.25) is 5.91 Å². The number of carbonyl (C=O) groups is 2. The van der Waals surface area contributed by atoms with Crippen molar-refractivity contribution in [2.24, 2.45) is 0 Å². The number of anilines is 2. The van der Waals surface area contributed by atoms with Gasteiger partial charge in [-0.1, -0.05) is 66.7 Å². The maximum absolute atomic E-state index is 13.0. The van der Waals surface area contributed by atoms with E-state index in [1.165, 1.54) is 4.90 Å². The lowest BCUT2D eigenvalue weighted by Crippen LogP contribution is -2.43. The Morgan fingerprint density at radius 2 is 1.75 bits per heavy atom. The van der Waals surface area contributed by atoms with Crippen LogP contribution in [0.2, 0.25) is 0 Å². The molecule has 7 heteroatoms. The molecule has 0 unspecified atom stereocenters. The summed E-state index contributed by atoms with van der Waals surface area (Å²) in [5, 5.41) is 7.86. The number of carbonyl (C=O) groups excluding carboxylic acids is 2. The number of benzene rings is 4. The molecule has 0 aliphatic carbocycles. The van der Waals surface area contributed by atoms with E-state index in [2.05, 4.69) is 5.32 Å². The van der Waals surface area contributed by atoms with Crippen LogP contribution < -0.4 is 15.0 Å². The van der Waals surface area contributed by atoms with Crippen LogP contribution in [0.25, 0.3) is 32.6 Å². The zero-order chi connectivity index (χ0) is 24.5. The van der Waals surface area contributed by atoms with Crippen molar-refractivity contribution in [3.8, 4) is 27.6 Å². The molecular weight excluding hydrogens is 470 g/mol. The molecule has 176 valence electrons. The highest BCUT2D eigenvalue weighted by atomic mass is 32.1. The molecule has 2 amide bonds. The average Bonchev–Trinajstić information content (AvgIpc) is 3.41. The standard InChI is InChI=1S/C29H21N3O3S/c33-27(30-23-12-6-10-19-7-4-5-11-22(19)23)16-32-25-15-21(13-14-26(25)35-17-28(32)34)24-18-36-29(31-24)20-8-2-1-3-9-20/h1-15,18H,16-17H2,(H,30,33). The Labute approximate surface area is 211 Å². The number of hydrogen-bond acceptors (Lipinski definition) is 5. The third kappa shape index (κ3) is 4.21. The minimum Gasteiger partial charge on any atom is -0.482 e. The van der Waals surface area contributed by atoms with Gasteiger partial charge in [-0.3, -0.25) is 14.5 Å². The number of amides is 2. The van der Waals surface area contributed by atoms with Gasteiger partial charge in [-0.2, -0.15) is 0 Å². The van der Waals surface area contributed by atoms with Gasteiger partial charge in [0.05, 0.1) is 11.4 Å². The molecule has 0 bridgehead atoms. The van der Waals surface area contributed by atoms with Crippen LogP contribution in [0.15, 0.2) is 96.4 Å². The van der Waals surface area contributed by atoms with E-state index in [9.17, 15) is 9.59 Å². The lowest BCUT2D eigenvalue weighted by atomic mass is 10.1. The average molecular weight is 492 g/mol. The molecule has 0 atom stereocenters. The van der Waals surface area contributed by atoms with Crippen LogP contribution in [0, 0.1) is 0 Å². The third-order valence-electron chi connectivity index (χ3n) is 6.09. The van der Waals surface area contributed by atoms with Crippen LogP contribution in [0.5, 0.6) is 5.75 Å². The van der Waals surface area contributed by atoms with Gasteiger partial charge in [-0.25, -0.2) is 4.98 Å². The SMILES string of the molecule is O=C(CN1C(=O)COc2ccc(-c3csc(-c4ccccc4)n3)cc21)Nc1cccc2ccccc12. The van der Waals surface area contributed by atoms with E-state index in [1.807, 2.05) is 96.4 Å². The highest BCUT2D eigenvalue weighted by Gasteiger charge is 2.28. The van der Waals surface area contributed by atoms with E-state index in [1.54, 1.807) is 11.3 Å². The minimum absolute atomic E-state index is 0.108. The van der Waals surface area contributed by atoms with E-state index < -0.39 is 0 Å². The first kappa shape index (κ1) is 22.0. The summed E-state index contributed by atoms with van der Waals surface area (Å²) in [6.45, 7) is -0.225. The van der Waals surface area contributed by atoms with Crippen LogP contribution in [0.4, 0.5) is 11.4 Å². The molecule has 1 aromatic heterocycles. The van der Waals surface area contributed by atoms with Crippen LogP contribution in [-0.2, 0) is 9.59 Å². The van der Waals surface area contributed by atoms with Crippen molar-refractivity contribution in [1.82, 2.24) is 4.98 Å². The fourth-order valence-electron chi connectivity index (χ4n) is 4.32. The first-order valence-electron chi connectivity index (χ1n) is 11.5. The van der Waals surface area contributed by atoms with Crippen molar-refractivity contribution in [3.05, 3.63) is 96.4 Å². The highest BCUT2D eigenvalue weighted by Crippen LogP contribution is 2.37. The Morgan fingerprint density at radius 1 is 0.944 bits per heavy atom. The van der Waals surface area contributed by atoms with Crippen LogP contribution in [-0.4, -0.2) is 29.9 Å². The number of thiazole rings is 1. The number of aromatic nitrogens is 1. The van der Waals surface area contributed by atoms with Crippen LogP contribution >= 0.6 is 11.3 Å². The molecular formula is C29H21N3O3S. The van der Waals surface area contributed by atoms with Gasteiger partial charge in [-0.05, 0) is 29.7 Å². The van der Waals surface area contributed by atoms with E-state index in [0.717, 1.165) is 32.6 Å². The predicted octanol–water partition coefficient (Wildman–Crippen LogP) is 5.99. The van der Waals surface area contributed by atoms with E-state index >= 15 is 0 Å². The molecule has 0 radical (unpaired) electrons. The minimum atomic E-state index is -0.280. The summed E-state index contributed by atoms with van der Waals surface area (Å²) in [5.41, 5.74) is 3.98. The van der Waals surface area contributed by atoms with Crippen molar-refractivity contribution < 1.29 is 14.3 Å². The summed E-state index contributed by atoms with van der Waals surface area (Å²) in [5.74, 6) is 0.0174. The summed E-state index contributed by atoms with van der Waals surface area (Å²) in [7, 11) is 0. The molecule has 0 spiro atoms. The van der Waals surface area contributed by atoms with Gasteiger partial charge in [0, 0.05) is 27.6 Å². The lowest BCUT2D eigenvalue weighted by molar-refractivity contribution is -0.123. The quantitative estimate of drug-likeness (QED) is 0.328. The number of rotatable bonds is 5. The molecule has 4 aromatic carbocycles. The highest BCUT2D eigenvalue weighted by molar-refractivity contribution is 7.13. The van der Waals surface area contributed by atoms with Crippen molar-refractivity contribution in [1.29, 1.82) is 0 Å². The topological polar surface area (TPSA) is 71.5 Å². The maximum atomic E-state index is 13.0. The molecule has 1 N–H and O–H groups in total.